The van der Waals surface area contributed by atoms with E-state index in [4.69, 9.17) is 15.3 Å². The second-order valence-electron chi connectivity index (χ2n) is 3.10. The molecule has 1 heterocycles. The maximum absolute atomic E-state index is 13.1. The molecule has 16 heavy (non-hydrogen) atoms. The number of carbonyl (C=O) groups excluding carboxylic acids is 1. The molecule has 1 aromatic rings. The lowest BCUT2D eigenvalue weighted by Gasteiger charge is -2.08. The molecule has 1 unspecified atom stereocenters. The van der Waals surface area contributed by atoms with Crippen LogP contribution in [0.5, 0.6) is 5.75 Å². The predicted octanol–water partition coefficient (Wildman–Crippen LogP) is 0.429. The molecule has 0 radical (unpaired) electrons. The number of primary amides is 1. The molecule has 1 aromatic carbocycles. The zero-order valence-corrected chi connectivity index (χ0v) is 9.14. The van der Waals surface area contributed by atoms with Gasteiger partial charge in [0.15, 0.2) is 11.6 Å². The van der Waals surface area contributed by atoms with E-state index in [-0.39, 0.29) is 18.2 Å². The highest BCUT2D eigenvalue weighted by atomic mass is 35.5. The summed E-state index contributed by atoms with van der Waals surface area (Å²) in [4.78, 5) is 15.8. The van der Waals surface area contributed by atoms with Crippen molar-refractivity contribution in [1.29, 1.82) is 0 Å². The standard InChI is InChI=1S/C9H9FN2O3.ClH/c1-14-7-4-5(2-3-6(7)10)9(8(11)13)12-15-9;/h2-4,12H,1H3,(H2,11,13);1H. The Labute approximate surface area is 97.1 Å². The third-order valence-corrected chi connectivity index (χ3v) is 2.21. The van der Waals surface area contributed by atoms with Gasteiger partial charge in [-0.05, 0) is 12.1 Å². The van der Waals surface area contributed by atoms with Crippen LogP contribution < -0.4 is 16.0 Å². The number of nitrogens with one attached hydrogen (secondary N) is 1. The number of methoxy groups -OCH3 is 1. The summed E-state index contributed by atoms with van der Waals surface area (Å²) in [6.45, 7) is 0. The predicted molar refractivity (Wildman–Crippen MR) is 55.3 cm³/mol. The second kappa shape index (κ2) is 4.25. The van der Waals surface area contributed by atoms with Crippen molar-refractivity contribution in [1.82, 2.24) is 5.48 Å². The van der Waals surface area contributed by atoms with Gasteiger partial charge in [-0.25, -0.2) is 4.39 Å². The first kappa shape index (κ1) is 12.7. The number of carbonyl (C=O) groups is 1. The Morgan fingerprint density at radius 3 is 2.69 bits per heavy atom. The van der Waals surface area contributed by atoms with Crippen molar-refractivity contribution in [3.63, 3.8) is 0 Å². The van der Waals surface area contributed by atoms with E-state index < -0.39 is 17.4 Å². The third kappa shape index (κ3) is 1.82. The fourth-order valence-corrected chi connectivity index (χ4v) is 1.29. The van der Waals surface area contributed by atoms with Crippen molar-refractivity contribution in [2.24, 2.45) is 5.73 Å². The smallest absolute Gasteiger partial charge is 0.273 e. The Morgan fingerprint density at radius 1 is 1.62 bits per heavy atom. The number of hydroxylamine groups is 1. The van der Waals surface area contributed by atoms with Crippen LogP contribution in [0, 0.1) is 5.82 Å². The Kier molecular flexibility index (Phi) is 3.37. The van der Waals surface area contributed by atoms with Crippen LogP contribution in [0.3, 0.4) is 0 Å². The molecule has 3 N–H and O–H groups in total. The summed E-state index contributed by atoms with van der Waals surface area (Å²) >= 11 is 0. The highest BCUT2D eigenvalue weighted by Crippen LogP contribution is 2.34. The minimum atomic E-state index is -1.33. The van der Waals surface area contributed by atoms with Gasteiger partial charge < -0.3 is 10.5 Å². The first-order valence-corrected chi connectivity index (χ1v) is 4.19. The molecule has 1 fully saturated rings. The second-order valence-corrected chi connectivity index (χ2v) is 3.10. The summed E-state index contributed by atoms with van der Waals surface area (Å²) in [7, 11) is 1.33. The van der Waals surface area contributed by atoms with Gasteiger partial charge >= 0.3 is 0 Å². The lowest BCUT2D eigenvalue weighted by molar-refractivity contribution is -0.123. The fraction of sp³-hybridized carbons (Fsp3) is 0.222. The molecule has 1 aliphatic rings. The molecule has 0 saturated carbocycles. The molecular formula is C9H10ClFN2O3. The van der Waals surface area contributed by atoms with Gasteiger partial charge in [0.05, 0.1) is 7.11 Å². The first-order valence-electron chi connectivity index (χ1n) is 4.19. The summed E-state index contributed by atoms with van der Waals surface area (Å²) < 4.78 is 17.9. The minimum Gasteiger partial charge on any atom is -0.494 e. The molecule has 5 nitrogen and oxygen atoms in total. The van der Waals surface area contributed by atoms with Crippen molar-refractivity contribution >= 4 is 18.3 Å². The van der Waals surface area contributed by atoms with Crippen molar-refractivity contribution in [2.75, 3.05) is 7.11 Å². The van der Waals surface area contributed by atoms with E-state index in [2.05, 4.69) is 5.48 Å². The number of rotatable bonds is 3. The van der Waals surface area contributed by atoms with Crippen molar-refractivity contribution < 1.29 is 18.8 Å². The van der Waals surface area contributed by atoms with Gasteiger partial charge in [-0.1, -0.05) is 6.07 Å². The third-order valence-electron chi connectivity index (χ3n) is 2.21. The summed E-state index contributed by atoms with van der Waals surface area (Å²) in [5.41, 5.74) is 6.59. The van der Waals surface area contributed by atoms with E-state index in [9.17, 15) is 9.18 Å². The van der Waals surface area contributed by atoms with E-state index in [0.29, 0.717) is 5.56 Å². The number of halogens is 2. The van der Waals surface area contributed by atoms with Gasteiger partial charge in [0.2, 0.25) is 0 Å². The molecule has 2 rings (SSSR count). The maximum atomic E-state index is 13.1. The summed E-state index contributed by atoms with van der Waals surface area (Å²) in [5.74, 6) is -1.16. The van der Waals surface area contributed by atoms with Gasteiger partial charge in [-0.3, -0.25) is 9.63 Å². The average molecular weight is 249 g/mol. The molecule has 1 atom stereocenters. The zero-order chi connectivity index (χ0) is 11.1. The Bertz CT molecular complexity index is 423. The van der Waals surface area contributed by atoms with Crippen molar-refractivity contribution in [3.05, 3.63) is 29.6 Å². The molecule has 0 aromatic heterocycles. The Balaban J connectivity index is 0.00000128. The largest absolute Gasteiger partial charge is 0.494 e. The molecular weight excluding hydrogens is 239 g/mol. The average Bonchev–Trinajstić information content (AvgIpc) is 2.99. The van der Waals surface area contributed by atoms with Gasteiger partial charge in [0.1, 0.15) is 0 Å². The molecule has 7 heteroatoms. The van der Waals surface area contributed by atoms with E-state index in [0.717, 1.165) is 0 Å². The number of ether oxygens (including phenoxy) is 1. The molecule has 0 bridgehead atoms. The van der Waals surface area contributed by atoms with Crippen LogP contribution >= 0.6 is 12.4 Å². The lowest BCUT2D eigenvalue weighted by Crippen LogP contribution is -2.32. The Hall–Kier alpha value is -1.37. The van der Waals surface area contributed by atoms with Gasteiger partial charge in [0.25, 0.3) is 11.6 Å². The summed E-state index contributed by atoms with van der Waals surface area (Å²) in [6.07, 6.45) is 0. The highest BCUT2D eigenvalue weighted by molar-refractivity contribution is 5.86. The number of nitrogens with two attached hydrogens (primary N) is 1. The van der Waals surface area contributed by atoms with E-state index in [1.54, 1.807) is 0 Å². The minimum absolute atomic E-state index is 0. The van der Waals surface area contributed by atoms with E-state index in [1.807, 2.05) is 0 Å². The Morgan fingerprint density at radius 2 is 2.25 bits per heavy atom. The van der Waals surface area contributed by atoms with Crippen LogP contribution in [-0.4, -0.2) is 13.0 Å². The molecule has 1 aliphatic heterocycles. The van der Waals surface area contributed by atoms with Crippen LogP contribution in [0.4, 0.5) is 4.39 Å². The molecule has 1 saturated heterocycles. The molecule has 0 spiro atoms. The van der Waals surface area contributed by atoms with Crippen LogP contribution in [0.15, 0.2) is 18.2 Å². The molecule has 1 amide bonds. The topological polar surface area (TPSA) is 86.8 Å². The van der Waals surface area contributed by atoms with Gasteiger partial charge in [-0.2, -0.15) is 5.48 Å². The van der Waals surface area contributed by atoms with Gasteiger partial charge in [0, 0.05) is 5.56 Å². The van der Waals surface area contributed by atoms with Crippen LogP contribution in [0.2, 0.25) is 0 Å². The highest BCUT2D eigenvalue weighted by Gasteiger charge is 2.53. The number of benzene rings is 1. The van der Waals surface area contributed by atoms with Crippen molar-refractivity contribution in [3.8, 4) is 5.75 Å². The zero-order valence-electron chi connectivity index (χ0n) is 8.32. The van der Waals surface area contributed by atoms with E-state index in [1.165, 1.54) is 25.3 Å². The van der Waals surface area contributed by atoms with Gasteiger partial charge in [-0.15, -0.1) is 12.4 Å². The van der Waals surface area contributed by atoms with Crippen LogP contribution in [0.1, 0.15) is 5.56 Å². The van der Waals surface area contributed by atoms with Crippen LogP contribution in [-0.2, 0) is 15.4 Å². The summed E-state index contributed by atoms with van der Waals surface area (Å²) in [5, 5.41) is 0. The van der Waals surface area contributed by atoms with Crippen LogP contribution in [0.25, 0.3) is 0 Å². The number of hydrogen-bond donors (Lipinski definition) is 2. The SMILES string of the molecule is COc1cc(C2(C(N)=O)NO2)ccc1F.Cl. The maximum Gasteiger partial charge on any atom is 0.273 e. The monoisotopic (exact) mass is 248 g/mol. The fourth-order valence-electron chi connectivity index (χ4n) is 1.29. The quantitative estimate of drug-likeness (QED) is 0.760. The van der Waals surface area contributed by atoms with Crippen molar-refractivity contribution in [2.45, 2.75) is 5.72 Å². The number of hydrogen-bond acceptors (Lipinski definition) is 4. The molecule has 0 aliphatic carbocycles. The normalized spacial score (nSPS) is 22.1. The number of amides is 1. The summed E-state index contributed by atoms with van der Waals surface area (Å²) in [6, 6.07) is 3.95. The van der Waals surface area contributed by atoms with E-state index >= 15 is 0 Å². The lowest BCUT2D eigenvalue weighted by atomic mass is 10.0. The molecule has 88 valence electrons. The first-order chi connectivity index (χ1) is 7.10.